The maximum Gasteiger partial charge on any atom is 0.129 e. The zero-order valence-corrected chi connectivity index (χ0v) is 10.5. The molecule has 0 saturated carbocycles. The molecule has 0 spiro atoms. The molecule has 2 aromatic carbocycles. The lowest BCUT2D eigenvalue weighted by molar-refractivity contribution is 0.309. The minimum atomic E-state index is -0.212. The van der Waals surface area contributed by atoms with Crippen LogP contribution in [0.3, 0.4) is 0 Å². The smallest absolute Gasteiger partial charge is 0.129 e. The van der Waals surface area contributed by atoms with Gasteiger partial charge < -0.3 is 4.74 Å². The van der Waals surface area contributed by atoms with Gasteiger partial charge in [0.1, 0.15) is 11.6 Å². The number of aryl methyl sites for hydroxylation is 2. The molecule has 0 radical (unpaired) electrons. The normalized spacial score (nSPS) is 10.3. The molecule has 2 rings (SSSR count). The fourth-order valence-corrected chi connectivity index (χ4v) is 1.77. The van der Waals surface area contributed by atoms with E-state index in [4.69, 9.17) is 4.74 Å². The molecule has 0 heterocycles. The molecule has 0 aromatic heterocycles. The first kappa shape index (κ1) is 12.6. The van der Waals surface area contributed by atoms with Crippen LogP contribution in [0.1, 0.15) is 17.5 Å². The van der Waals surface area contributed by atoms with Gasteiger partial charge in [0.2, 0.25) is 0 Å². The van der Waals surface area contributed by atoms with E-state index in [2.05, 4.69) is 12.1 Å². The van der Waals surface area contributed by atoms with Crippen molar-refractivity contribution >= 4 is 0 Å². The summed E-state index contributed by atoms with van der Waals surface area (Å²) in [5.74, 6) is 0.390. The molecule has 0 N–H and O–H groups in total. The second-order valence-electron chi connectivity index (χ2n) is 4.35. The second kappa shape index (κ2) is 6.20. The van der Waals surface area contributed by atoms with Crippen molar-refractivity contribution < 1.29 is 9.13 Å². The molecule has 2 heteroatoms. The zero-order valence-electron chi connectivity index (χ0n) is 10.5. The van der Waals surface area contributed by atoms with Crippen molar-refractivity contribution in [2.75, 3.05) is 6.61 Å². The van der Waals surface area contributed by atoms with Gasteiger partial charge in [0.15, 0.2) is 0 Å². The highest BCUT2D eigenvalue weighted by Gasteiger charge is 2.00. The van der Waals surface area contributed by atoms with Crippen molar-refractivity contribution in [3.8, 4) is 5.75 Å². The first-order valence-electron chi connectivity index (χ1n) is 6.18. The Morgan fingerprint density at radius 1 is 1.06 bits per heavy atom. The summed E-state index contributed by atoms with van der Waals surface area (Å²) < 4.78 is 18.8. The number of ether oxygens (including phenoxy) is 1. The van der Waals surface area contributed by atoms with Gasteiger partial charge in [-0.05, 0) is 37.0 Å². The summed E-state index contributed by atoms with van der Waals surface area (Å²) >= 11 is 0. The van der Waals surface area contributed by atoms with E-state index in [1.54, 1.807) is 19.1 Å². The van der Waals surface area contributed by atoms with Crippen molar-refractivity contribution in [3.05, 3.63) is 65.5 Å². The van der Waals surface area contributed by atoms with E-state index in [1.807, 2.05) is 18.2 Å². The predicted molar refractivity (Wildman–Crippen MR) is 71.4 cm³/mol. The Morgan fingerprint density at radius 3 is 2.56 bits per heavy atom. The van der Waals surface area contributed by atoms with E-state index in [0.29, 0.717) is 17.9 Å². The van der Waals surface area contributed by atoms with E-state index in [-0.39, 0.29) is 5.82 Å². The van der Waals surface area contributed by atoms with Crippen LogP contribution in [0, 0.1) is 12.7 Å². The van der Waals surface area contributed by atoms with Gasteiger partial charge in [0.25, 0.3) is 0 Å². The average Bonchev–Trinajstić information content (AvgIpc) is 2.40. The monoisotopic (exact) mass is 244 g/mol. The minimum Gasteiger partial charge on any atom is -0.493 e. The largest absolute Gasteiger partial charge is 0.493 e. The molecule has 0 bridgehead atoms. The van der Waals surface area contributed by atoms with Gasteiger partial charge in [0, 0.05) is 6.07 Å². The first-order valence-corrected chi connectivity index (χ1v) is 6.18. The van der Waals surface area contributed by atoms with Crippen LogP contribution >= 0.6 is 0 Å². The molecule has 1 nitrogen and oxygen atoms in total. The van der Waals surface area contributed by atoms with Crippen LogP contribution in [0.5, 0.6) is 5.75 Å². The third-order valence-corrected chi connectivity index (χ3v) is 2.86. The van der Waals surface area contributed by atoms with Crippen molar-refractivity contribution in [3.63, 3.8) is 0 Å². The Balaban J connectivity index is 1.77. The van der Waals surface area contributed by atoms with Gasteiger partial charge >= 0.3 is 0 Å². The Hall–Kier alpha value is -1.83. The molecule has 0 atom stereocenters. The van der Waals surface area contributed by atoms with E-state index >= 15 is 0 Å². The molecule has 0 aliphatic carbocycles. The lowest BCUT2D eigenvalue weighted by atomic mass is 10.1. The lowest BCUT2D eigenvalue weighted by Gasteiger charge is -2.07. The molecule has 94 valence electrons. The summed E-state index contributed by atoms with van der Waals surface area (Å²) in [6.45, 7) is 2.35. The Kier molecular flexibility index (Phi) is 4.35. The number of rotatable bonds is 5. The fourth-order valence-electron chi connectivity index (χ4n) is 1.77. The van der Waals surface area contributed by atoms with Crippen LogP contribution in [0.15, 0.2) is 48.5 Å². The highest BCUT2D eigenvalue weighted by atomic mass is 19.1. The zero-order chi connectivity index (χ0) is 12.8. The molecular formula is C16H17FO. The van der Waals surface area contributed by atoms with Gasteiger partial charge in [-0.2, -0.15) is 0 Å². The predicted octanol–water partition coefficient (Wildman–Crippen LogP) is 4.15. The molecule has 0 saturated heterocycles. The van der Waals surface area contributed by atoms with Gasteiger partial charge in [-0.3, -0.25) is 0 Å². The summed E-state index contributed by atoms with van der Waals surface area (Å²) in [7, 11) is 0. The molecule has 18 heavy (non-hydrogen) atoms. The molecule has 0 fully saturated rings. The molecule has 0 aliphatic rings. The molecular weight excluding hydrogens is 227 g/mol. The second-order valence-corrected chi connectivity index (χ2v) is 4.35. The van der Waals surface area contributed by atoms with Gasteiger partial charge in [-0.15, -0.1) is 0 Å². The summed E-state index contributed by atoms with van der Waals surface area (Å²) in [4.78, 5) is 0. The number of hydrogen-bond donors (Lipinski definition) is 0. The SMILES string of the molecule is Cc1ccc(OCCCc2ccccc2)cc1F. The van der Waals surface area contributed by atoms with Crippen molar-refractivity contribution in [1.82, 2.24) is 0 Å². The Bertz CT molecular complexity index is 494. The fraction of sp³-hybridized carbons (Fsp3) is 0.250. The molecule has 2 aromatic rings. The summed E-state index contributed by atoms with van der Waals surface area (Å²) in [6.07, 6.45) is 1.91. The van der Waals surface area contributed by atoms with Crippen LogP contribution in [-0.4, -0.2) is 6.61 Å². The van der Waals surface area contributed by atoms with Crippen LogP contribution in [0.25, 0.3) is 0 Å². The maximum atomic E-state index is 13.3. The highest BCUT2D eigenvalue weighted by molar-refractivity contribution is 5.27. The summed E-state index contributed by atoms with van der Waals surface area (Å²) in [5.41, 5.74) is 1.95. The number of hydrogen-bond acceptors (Lipinski definition) is 1. The summed E-state index contributed by atoms with van der Waals surface area (Å²) in [6, 6.07) is 15.3. The Morgan fingerprint density at radius 2 is 1.83 bits per heavy atom. The number of halogens is 1. The average molecular weight is 244 g/mol. The van der Waals surface area contributed by atoms with Gasteiger partial charge in [0.05, 0.1) is 6.61 Å². The van der Waals surface area contributed by atoms with E-state index < -0.39 is 0 Å². The minimum absolute atomic E-state index is 0.212. The van der Waals surface area contributed by atoms with Crippen LogP contribution in [-0.2, 0) is 6.42 Å². The van der Waals surface area contributed by atoms with E-state index in [1.165, 1.54) is 11.6 Å². The van der Waals surface area contributed by atoms with Gasteiger partial charge in [-0.1, -0.05) is 36.4 Å². The summed E-state index contributed by atoms with van der Waals surface area (Å²) in [5, 5.41) is 0. The third-order valence-electron chi connectivity index (χ3n) is 2.86. The topological polar surface area (TPSA) is 9.23 Å². The van der Waals surface area contributed by atoms with Crippen LogP contribution in [0.4, 0.5) is 4.39 Å². The standard InChI is InChI=1S/C16H17FO/c1-13-9-10-15(12-16(13)17)18-11-5-8-14-6-3-2-4-7-14/h2-4,6-7,9-10,12H,5,8,11H2,1H3. The van der Waals surface area contributed by atoms with Crippen LogP contribution in [0.2, 0.25) is 0 Å². The molecule has 0 unspecified atom stereocenters. The Labute approximate surface area is 107 Å². The number of benzene rings is 2. The van der Waals surface area contributed by atoms with E-state index in [0.717, 1.165) is 12.8 Å². The molecule has 0 aliphatic heterocycles. The third kappa shape index (κ3) is 3.59. The quantitative estimate of drug-likeness (QED) is 0.718. The maximum absolute atomic E-state index is 13.3. The van der Waals surface area contributed by atoms with E-state index in [9.17, 15) is 4.39 Å². The van der Waals surface area contributed by atoms with Crippen molar-refractivity contribution in [2.45, 2.75) is 19.8 Å². The lowest BCUT2D eigenvalue weighted by Crippen LogP contribution is -2.00. The first-order chi connectivity index (χ1) is 8.75. The molecule has 0 amide bonds. The van der Waals surface area contributed by atoms with Crippen LogP contribution < -0.4 is 4.74 Å². The van der Waals surface area contributed by atoms with Crippen molar-refractivity contribution in [1.29, 1.82) is 0 Å². The highest BCUT2D eigenvalue weighted by Crippen LogP contribution is 2.16. The van der Waals surface area contributed by atoms with Crippen molar-refractivity contribution in [2.24, 2.45) is 0 Å². The van der Waals surface area contributed by atoms with Gasteiger partial charge in [-0.25, -0.2) is 4.39 Å².